The number of fused-ring (bicyclic) bond motifs is 1. The van der Waals surface area contributed by atoms with Gasteiger partial charge in [0.25, 0.3) is 11.8 Å². The molecule has 7 nitrogen and oxygen atoms in total. The number of nitrogens with zero attached hydrogens (tertiary/aromatic N) is 1. The van der Waals surface area contributed by atoms with Crippen molar-refractivity contribution in [3.8, 4) is 5.75 Å². The third kappa shape index (κ3) is 3.42. The Balaban J connectivity index is 1.53. The first-order valence-electron chi connectivity index (χ1n) is 8.84. The van der Waals surface area contributed by atoms with E-state index < -0.39 is 12.1 Å². The molecule has 1 unspecified atom stereocenters. The van der Waals surface area contributed by atoms with Crippen molar-refractivity contribution < 1.29 is 18.7 Å². The first kappa shape index (κ1) is 17.7. The van der Waals surface area contributed by atoms with Gasteiger partial charge in [-0.15, -0.1) is 0 Å². The van der Waals surface area contributed by atoms with Gasteiger partial charge in [0, 0.05) is 5.69 Å². The number of amides is 2. The Kier molecular flexibility index (Phi) is 4.72. The molecule has 0 spiro atoms. The predicted octanol–water partition coefficient (Wildman–Crippen LogP) is 3.26. The Bertz CT molecular complexity index is 1000. The number of hydrogen-bond donors (Lipinski definition) is 2. The summed E-state index contributed by atoms with van der Waals surface area (Å²) >= 11 is 0. The lowest BCUT2D eigenvalue weighted by molar-refractivity contribution is -0.127. The van der Waals surface area contributed by atoms with E-state index in [1.807, 2.05) is 37.3 Å². The maximum absolute atomic E-state index is 13.0. The molecule has 4 rings (SSSR count). The maximum Gasteiger partial charge on any atom is 0.276 e. The van der Waals surface area contributed by atoms with Gasteiger partial charge in [0.05, 0.1) is 11.8 Å². The van der Waals surface area contributed by atoms with E-state index in [0.717, 1.165) is 5.56 Å². The van der Waals surface area contributed by atoms with E-state index in [4.69, 9.17) is 9.15 Å². The molecule has 1 atom stereocenters. The van der Waals surface area contributed by atoms with E-state index in [9.17, 15) is 9.59 Å². The van der Waals surface area contributed by atoms with Crippen molar-refractivity contribution in [1.29, 1.82) is 0 Å². The molecule has 0 aliphatic carbocycles. The molecule has 1 aliphatic heterocycles. The second kappa shape index (κ2) is 7.48. The Hall–Kier alpha value is -3.74. The summed E-state index contributed by atoms with van der Waals surface area (Å²) in [6.45, 7) is 1.68. The normalized spacial score (nSPS) is 15.5. The van der Waals surface area contributed by atoms with Crippen LogP contribution in [0.15, 0.2) is 71.3 Å². The number of aryl methyl sites for hydroxylation is 1. The van der Waals surface area contributed by atoms with Crippen molar-refractivity contribution in [3.63, 3.8) is 0 Å². The van der Waals surface area contributed by atoms with Gasteiger partial charge < -0.3 is 14.5 Å². The van der Waals surface area contributed by atoms with Gasteiger partial charge in [0.1, 0.15) is 11.5 Å². The summed E-state index contributed by atoms with van der Waals surface area (Å²) in [5, 5.41) is 4.45. The monoisotopic (exact) mass is 377 g/mol. The fourth-order valence-electron chi connectivity index (χ4n) is 3.04. The summed E-state index contributed by atoms with van der Waals surface area (Å²) in [4.78, 5) is 25.5. The van der Waals surface area contributed by atoms with Crippen LogP contribution in [-0.2, 0) is 4.79 Å². The Morgan fingerprint density at radius 1 is 1.14 bits per heavy atom. The first-order valence-corrected chi connectivity index (χ1v) is 8.84. The highest BCUT2D eigenvalue weighted by Crippen LogP contribution is 2.31. The van der Waals surface area contributed by atoms with Gasteiger partial charge in [0.2, 0.25) is 0 Å². The summed E-state index contributed by atoms with van der Waals surface area (Å²) in [5.74, 6) is 0.339. The van der Waals surface area contributed by atoms with Crippen molar-refractivity contribution in [3.05, 3.63) is 83.8 Å². The Labute approximate surface area is 161 Å². The van der Waals surface area contributed by atoms with Crippen molar-refractivity contribution in [2.75, 3.05) is 11.9 Å². The number of hydrazine groups is 1. The largest absolute Gasteiger partial charge is 0.483 e. The van der Waals surface area contributed by atoms with E-state index in [1.165, 1.54) is 11.3 Å². The zero-order valence-corrected chi connectivity index (χ0v) is 15.2. The zero-order chi connectivity index (χ0) is 19.5. The van der Waals surface area contributed by atoms with Gasteiger partial charge in [-0.2, -0.15) is 0 Å². The van der Waals surface area contributed by atoms with Crippen LogP contribution in [0.5, 0.6) is 5.75 Å². The number of rotatable bonds is 5. The second-order valence-electron chi connectivity index (χ2n) is 6.37. The van der Waals surface area contributed by atoms with Gasteiger partial charge in [-0.05, 0) is 42.8 Å². The van der Waals surface area contributed by atoms with Gasteiger partial charge >= 0.3 is 0 Å². The molecule has 0 fully saturated rings. The van der Waals surface area contributed by atoms with Crippen LogP contribution in [0.2, 0.25) is 0 Å². The number of furan rings is 1. The lowest BCUT2D eigenvalue weighted by Gasteiger charge is -2.36. The molecule has 1 aliphatic rings. The van der Waals surface area contributed by atoms with Crippen LogP contribution in [0.25, 0.3) is 0 Å². The number of nitrogens with one attached hydrogen (secondary N) is 2. The molecule has 28 heavy (non-hydrogen) atoms. The summed E-state index contributed by atoms with van der Waals surface area (Å²) in [7, 11) is 0. The van der Waals surface area contributed by atoms with Crippen LogP contribution in [0.3, 0.4) is 0 Å². The van der Waals surface area contributed by atoms with E-state index in [0.29, 0.717) is 22.8 Å². The van der Waals surface area contributed by atoms with Gasteiger partial charge in [0.15, 0.2) is 12.8 Å². The molecule has 1 aromatic heterocycles. The van der Waals surface area contributed by atoms with Crippen molar-refractivity contribution in [2.24, 2.45) is 0 Å². The van der Waals surface area contributed by atoms with E-state index >= 15 is 0 Å². The number of carbonyl (C=O) groups excluding carboxylic acids is 2. The highest BCUT2D eigenvalue weighted by atomic mass is 16.5. The van der Waals surface area contributed by atoms with Gasteiger partial charge in [-0.3, -0.25) is 15.0 Å². The maximum atomic E-state index is 13.0. The summed E-state index contributed by atoms with van der Waals surface area (Å²) in [6.07, 6.45) is 0.850. The molecule has 0 radical (unpaired) electrons. The van der Waals surface area contributed by atoms with Crippen LogP contribution in [0, 0.1) is 6.92 Å². The van der Waals surface area contributed by atoms with Crippen LogP contribution in [0.4, 0.5) is 5.69 Å². The van der Waals surface area contributed by atoms with Crippen LogP contribution in [0.1, 0.15) is 27.8 Å². The number of benzene rings is 2. The molecule has 3 aromatic rings. The SMILES string of the molecule is Cc1ccccc1OCC(=O)NN1C(=O)c2ccccc2NC1c1ccco1. The van der Waals surface area contributed by atoms with E-state index in [-0.39, 0.29) is 12.5 Å². The molecular formula is C21H19N3O4. The molecule has 2 amide bonds. The molecule has 2 heterocycles. The fraction of sp³-hybridized carbons (Fsp3) is 0.143. The minimum absolute atomic E-state index is 0.221. The molecule has 0 bridgehead atoms. The summed E-state index contributed by atoms with van der Waals surface area (Å²) in [5.41, 5.74) is 4.70. The minimum Gasteiger partial charge on any atom is -0.483 e. The molecule has 2 N–H and O–H groups in total. The lowest BCUT2D eigenvalue weighted by atomic mass is 10.1. The zero-order valence-electron chi connectivity index (χ0n) is 15.2. The highest BCUT2D eigenvalue weighted by molar-refractivity contribution is 6.02. The molecular weight excluding hydrogens is 358 g/mol. The average molecular weight is 377 g/mol. The Morgan fingerprint density at radius 3 is 2.71 bits per heavy atom. The predicted molar refractivity (Wildman–Crippen MR) is 102 cm³/mol. The lowest BCUT2D eigenvalue weighted by Crippen LogP contribution is -2.53. The van der Waals surface area contributed by atoms with Crippen LogP contribution >= 0.6 is 0 Å². The number of hydrogen-bond acceptors (Lipinski definition) is 5. The van der Waals surface area contributed by atoms with E-state index in [1.54, 1.807) is 30.3 Å². The fourth-order valence-corrected chi connectivity index (χ4v) is 3.04. The second-order valence-corrected chi connectivity index (χ2v) is 6.37. The van der Waals surface area contributed by atoms with Crippen LogP contribution in [-0.4, -0.2) is 23.4 Å². The summed E-state index contributed by atoms with van der Waals surface area (Å²) < 4.78 is 11.0. The quantitative estimate of drug-likeness (QED) is 0.713. The third-order valence-electron chi connectivity index (χ3n) is 4.44. The van der Waals surface area contributed by atoms with Crippen molar-refractivity contribution in [1.82, 2.24) is 10.4 Å². The Morgan fingerprint density at radius 2 is 1.93 bits per heavy atom. The smallest absolute Gasteiger partial charge is 0.276 e. The topological polar surface area (TPSA) is 83.8 Å². The number of para-hydroxylation sites is 2. The third-order valence-corrected chi connectivity index (χ3v) is 4.44. The molecule has 142 valence electrons. The van der Waals surface area contributed by atoms with E-state index in [2.05, 4.69) is 10.7 Å². The van der Waals surface area contributed by atoms with Gasteiger partial charge in [-0.25, -0.2) is 5.01 Å². The first-order chi connectivity index (χ1) is 13.6. The highest BCUT2D eigenvalue weighted by Gasteiger charge is 2.35. The van der Waals surface area contributed by atoms with Crippen molar-refractivity contribution >= 4 is 17.5 Å². The summed E-state index contributed by atoms with van der Waals surface area (Å²) in [6, 6.07) is 18.0. The molecule has 2 aromatic carbocycles. The standard InChI is InChI=1S/C21H19N3O4/c1-14-7-2-5-10-17(14)28-13-19(25)23-24-20(18-11-6-12-27-18)22-16-9-4-3-8-15(16)21(24)26/h2-12,20,22H,13H2,1H3,(H,23,25). The number of ether oxygens (including phenoxy) is 1. The van der Waals surface area contributed by atoms with Crippen molar-refractivity contribution in [2.45, 2.75) is 13.1 Å². The number of anilines is 1. The number of carbonyl (C=O) groups is 2. The minimum atomic E-state index is -0.667. The van der Waals surface area contributed by atoms with Gasteiger partial charge in [-0.1, -0.05) is 30.3 Å². The van der Waals surface area contributed by atoms with Crippen LogP contribution < -0.4 is 15.5 Å². The molecule has 0 saturated heterocycles. The average Bonchev–Trinajstić information content (AvgIpc) is 3.24. The molecule has 0 saturated carbocycles. The molecule has 7 heteroatoms.